The van der Waals surface area contributed by atoms with Crippen molar-refractivity contribution in [1.29, 1.82) is 0 Å². The Labute approximate surface area is 90.7 Å². The summed E-state index contributed by atoms with van der Waals surface area (Å²) in [7, 11) is 4.08. The van der Waals surface area contributed by atoms with E-state index in [0.29, 0.717) is 6.04 Å². The van der Waals surface area contributed by atoms with Crippen molar-refractivity contribution in [3.63, 3.8) is 0 Å². The lowest BCUT2D eigenvalue weighted by Crippen LogP contribution is -2.17. The van der Waals surface area contributed by atoms with Gasteiger partial charge in [0.1, 0.15) is 5.76 Å². The van der Waals surface area contributed by atoms with Gasteiger partial charge in [-0.2, -0.15) is 0 Å². The highest BCUT2D eigenvalue weighted by Gasteiger charge is 2.26. The minimum atomic E-state index is 0.397. The van der Waals surface area contributed by atoms with Crippen LogP contribution in [0.4, 0.5) is 0 Å². The summed E-state index contributed by atoms with van der Waals surface area (Å²) in [6, 6.07) is 0.397. The molecule has 1 aliphatic rings. The van der Waals surface area contributed by atoms with Crippen LogP contribution in [0.15, 0.2) is 10.6 Å². The van der Waals surface area contributed by atoms with Crippen molar-refractivity contribution >= 4 is 0 Å². The number of likely N-dealkylation sites (tertiary alicyclic amines) is 1. The van der Waals surface area contributed by atoms with E-state index < -0.39 is 0 Å². The molecule has 1 aliphatic heterocycles. The lowest BCUT2D eigenvalue weighted by Gasteiger charge is -2.15. The molecule has 1 fully saturated rings. The van der Waals surface area contributed by atoms with Crippen molar-refractivity contribution in [1.82, 2.24) is 15.2 Å². The Morgan fingerprint density at radius 2 is 2.53 bits per heavy atom. The summed E-state index contributed by atoms with van der Waals surface area (Å²) in [6.45, 7) is 2.09. The van der Waals surface area contributed by atoms with E-state index in [-0.39, 0.29) is 0 Å². The molecule has 4 nitrogen and oxygen atoms in total. The zero-order valence-electron chi connectivity index (χ0n) is 9.49. The third kappa shape index (κ3) is 2.38. The molecule has 84 valence electrons. The van der Waals surface area contributed by atoms with Gasteiger partial charge in [0.15, 0.2) is 0 Å². The summed E-state index contributed by atoms with van der Waals surface area (Å²) in [4.78, 5) is 6.68. The molecule has 1 N–H and O–H groups in total. The SMILES string of the molecule is CNCCc1cnc(C2CCCN2C)o1. The average molecular weight is 209 g/mol. The number of rotatable bonds is 4. The van der Waals surface area contributed by atoms with Crippen molar-refractivity contribution < 1.29 is 4.42 Å². The summed E-state index contributed by atoms with van der Waals surface area (Å²) in [5.74, 6) is 1.88. The molecule has 2 heterocycles. The summed E-state index contributed by atoms with van der Waals surface area (Å²) >= 11 is 0. The number of hydrogen-bond donors (Lipinski definition) is 1. The molecule has 0 bridgehead atoms. The predicted molar refractivity (Wildman–Crippen MR) is 58.7 cm³/mol. The number of aromatic nitrogens is 1. The van der Waals surface area contributed by atoms with Gasteiger partial charge in [0.2, 0.25) is 5.89 Å². The molecule has 0 aromatic carbocycles. The molecule has 1 unspecified atom stereocenters. The molecule has 15 heavy (non-hydrogen) atoms. The van der Waals surface area contributed by atoms with Gasteiger partial charge in [0.05, 0.1) is 12.2 Å². The van der Waals surface area contributed by atoms with Gasteiger partial charge in [-0.25, -0.2) is 4.98 Å². The van der Waals surface area contributed by atoms with Gasteiger partial charge < -0.3 is 9.73 Å². The minimum absolute atomic E-state index is 0.397. The molecule has 0 aliphatic carbocycles. The van der Waals surface area contributed by atoms with Crippen LogP contribution in [0.2, 0.25) is 0 Å². The van der Waals surface area contributed by atoms with Crippen molar-refractivity contribution in [2.24, 2.45) is 0 Å². The second-order valence-electron chi connectivity index (χ2n) is 4.16. The number of hydrogen-bond acceptors (Lipinski definition) is 4. The van der Waals surface area contributed by atoms with E-state index in [0.717, 1.165) is 31.2 Å². The Hall–Kier alpha value is -0.870. The molecular formula is C11H19N3O. The van der Waals surface area contributed by atoms with E-state index in [1.807, 2.05) is 13.2 Å². The van der Waals surface area contributed by atoms with Crippen LogP contribution in [0.25, 0.3) is 0 Å². The van der Waals surface area contributed by atoms with Crippen LogP contribution >= 0.6 is 0 Å². The highest BCUT2D eigenvalue weighted by Crippen LogP contribution is 2.29. The zero-order valence-corrected chi connectivity index (χ0v) is 9.49. The minimum Gasteiger partial charge on any atom is -0.444 e. The molecule has 2 rings (SSSR count). The second kappa shape index (κ2) is 4.77. The Bertz CT molecular complexity index is 311. The molecule has 0 spiro atoms. The maximum absolute atomic E-state index is 5.75. The average Bonchev–Trinajstić information content (AvgIpc) is 2.83. The Balaban J connectivity index is 1.99. The Morgan fingerprint density at radius 1 is 1.67 bits per heavy atom. The molecule has 1 aromatic heterocycles. The molecule has 1 atom stereocenters. The Morgan fingerprint density at radius 3 is 3.20 bits per heavy atom. The van der Waals surface area contributed by atoms with Gasteiger partial charge in [-0.1, -0.05) is 0 Å². The number of oxazole rings is 1. The summed E-state index contributed by atoms with van der Waals surface area (Å²) in [5, 5.41) is 3.11. The van der Waals surface area contributed by atoms with Crippen LogP contribution in [0, 0.1) is 0 Å². The van der Waals surface area contributed by atoms with Crippen LogP contribution < -0.4 is 5.32 Å². The molecule has 0 radical (unpaired) electrons. The first kappa shape index (κ1) is 10.6. The number of nitrogens with one attached hydrogen (secondary N) is 1. The summed E-state index contributed by atoms with van der Waals surface area (Å²) in [6.07, 6.45) is 5.19. The maximum Gasteiger partial charge on any atom is 0.211 e. The number of likely N-dealkylation sites (N-methyl/N-ethyl adjacent to an activating group) is 1. The van der Waals surface area contributed by atoms with Crippen molar-refractivity contribution in [3.8, 4) is 0 Å². The lowest BCUT2D eigenvalue weighted by molar-refractivity contribution is 0.263. The van der Waals surface area contributed by atoms with E-state index in [4.69, 9.17) is 4.42 Å². The van der Waals surface area contributed by atoms with Crippen molar-refractivity contribution in [2.75, 3.05) is 27.2 Å². The smallest absolute Gasteiger partial charge is 0.211 e. The summed E-state index contributed by atoms with van der Waals surface area (Å²) < 4.78 is 5.75. The van der Waals surface area contributed by atoms with Gasteiger partial charge in [0, 0.05) is 13.0 Å². The predicted octanol–water partition coefficient (Wildman–Crippen LogP) is 1.20. The molecule has 0 saturated carbocycles. The van der Waals surface area contributed by atoms with Crippen LogP contribution in [-0.4, -0.2) is 37.1 Å². The fourth-order valence-electron chi connectivity index (χ4n) is 2.06. The Kier molecular flexibility index (Phi) is 3.38. The zero-order chi connectivity index (χ0) is 10.7. The monoisotopic (exact) mass is 209 g/mol. The first-order valence-corrected chi connectivity index (χ1v) is 5.60. The van der Waals surface area contributed by atoms with Gasteiger partial charge in [-0.05, 0) is 33.5 Å². The molecule has 4 heteroatoms. The van der Waals surface area contributed by atoms with E-state index in [2.05, 4.69) is 22.2 Å². The van der Waals surface area contributed by atoms with Gasteiger partial charge in [0.25, 0.3) is 0 Å². The van der Waals surface area contributed by atoms with E-state index in [1.54, 1.807) is 0 Å². The lowest BCUT2D eigenvalue weighted by atomic mass is 10.2. The van der Waals surface area contributed by atoms with Gasteiger partial charge in [-0.15, -0.1) is 0 Å². The van der Waals surface area contributed by atoms with Gasteiger partial charge >= 0.3 is 0 Å². The summed E-state index contributed by atoms with van der Waals surface area (Å²) in [5.41, 5.74) is 0. The van der Waals surface area contributed by atoms with Crippen LogP contribution in [-0.2, 0) is 6.42 Å². The van der Waals surface area contributed by atoms with Crippen LogP contribution in [0.5, 0.6) is 0 Å². The van der Waals surface area contributed by atoms with Gasteiger partial charge in [-0.3, -0.25) is 4.90 Å². The van der Waals surface area contributed by atoms with Crippen LogP contribution in [0.1, 0.15) is 30.5 Å². The van der Waals surface area contributed by atoms with E-state index >= 15 is 0 Å². The quantitative estimate of drug-likeness (QED) is 0.809. The third-order valence-corrected chi connectivity index (χ3v) is 3.00. The van der Waals surface area contributed by atoms with Crippen molar-refractivity contribution in [3.05, 3.63) is 17.8 Å². The van der Waals surface area contributed by atoms with E-state index in [9.17, 15) is 0 Å². The first-order valence-electron chi connectivity index (χ1n) is 5.60. The fourth-order valence-corrected chi connectivity index (χ4v) is 2.06. The van der Waals surface area contributed by atoms with Crippen LogP contribution in [0.3, 0.4) is 0 Å². The third-order valence-electron chi connectivity index (χ3n) is 3.00. The molecule has 0 amide bonds. The largest absolute Gasteiger partial charge is 0.444 e. The molecule has 1 aromatic rings. The normalized spacial score (nSPS) is 22.4. The highest BCUT2D eigenvalue weighted by molar-refractivity contribution is 5.00. The van der Waals surface area contributed by atoms with E-state index in [1.165, 1.54) is 12.8 Å². The standard InChI is InChI=1S/C11H19N3O/c1-12-6-5-9-8-13-11(15-9)10-4-3-7-14(10)2/h8,10,12H,3-7H2,1-2H3. The highest BCUT2D eigenvalue weighted by atomic mass is 16.4. The van der Waals surface area contributed by atoms with Crippen molar-refractivity contribution in [2.45, 2.75) is 25.3 Å². The first-order chi connectivity index (χ1) is 7.31. The number of nitrogens with zero attached hydrogens (tertiary/aromatic N) is 2. The molecular weight excluding hydrogens is 190 g/mol. The molecule has 1 saturated heterocycles. The second-order valence-corrected chi connectivity index (χ2v) is 4.16. The fraction of sp³-hybridized carbons (Fsp3) is 0.727. The maximum atomic E-state index is 5.75. The topological polar surface area (TPSA) is 41.3 Å².